The molecule has 2 amide bonds. The van der Waals surface area contributed by atoms with Crippen LogP contribution in [0.4, 0.5) is 4.79 Å². The Kier molecular flexibility index (Phi) is 5.69. The lowest BCUT2D eigenvalue weighted by Gasteiger charge is -2.25. The molecule has 2 N–H and O–H groups in total. The quantitative estimate of drug-likeness (QED) is 0.654. The maximum atomic E-state index is 12.6. The maximum Gasteiger partial charge on any atom is 0.317 e. The van der Waals surface area contributed by atoms with Crippen LogP contribution < -0.4 is 5.32 Å². The molecular formula is C22H26N2O3. The van der Waals surface area contributed by atoms with E-state index in [0.717, 1.165) is 35.1 Å². The van der Waals surface area contributed by atoms with Crippen LogP contribution in [0.5, 0.6) is 5.75 Å². The number of carbonyl (C=O) groups excluding carboxylic acids is 1. The molecular weight excluding hydrogens is 340 g/mol. The normalized spacial score (nSPS) is 13.3. The van der Waals surface area contributed by atoms with Crippen molar-refractivity contribution < 1.29 is 14.3 Å². The van der Waals surface area contributed by atoms with Gasteiger partial charge in [-0.3, -0.25) is 0 Å². The molecule has 0 radical (unpaired) electrons. The summed E-state index contributed by atoms with van der Waals surface area (Å²) in [5.74, 6) is 1.03. The van der Waals surface area contributed by atoms with Gasteiger partial charge in [0.15, 0.2) is 0 Å². The molecule has 3 rings (SSSR count). The van der Waals surface area contributed by atoms with E-state index in [2.05, 4.69) is 5.32 Å². The number of fused-ring (bicyclic) bond motifs is 1. The number of furan rings is 1. The Morgan fingerprint density at radius 2 is 1.85 bits per heavy atom. The van der Waals surface area contributed by atoms with Crippen LogP contribution in [0.15, 0.2) is 59.0 Å². The second-order valence-corrected chi connectivity index (χ2v) is 7.03. The Hall–Kier alpha value is -2.95. The zero-order valence-corrected chi connectivity index (χ0v) is 16.0. The van der Waals surface area contributed by atoms with Crippen LogP contribution in [-0.4, -0.2) is 29.1 Å². The molecule has 0 aliphatic carbocycles. The molecule has 0 bridgehead atoms. The van der Waals surface area contributed by atoms with Gasteiger partial charge in [0, 0.05) is 18.5 Å². The number of phenolic OH excluding ortho intramolecular Hbond substituents is 1. The Morgan fingerprint density at radius 3 is 2.56 bits per heavy atom. The molecule has 27 heavy (non-hydrogen) atoms. The highest BCUT2D eigenvalue weighted by Crippen LogP contribution is 2.26. The average molecular weight is 366 g/mol. The molecule has 0 aliphatic rings. The van der Waals surface area contributed by atoms with Crippen molar-refractivity contribution in [3.63, 3.8) is 0 Å². The largest absolute Gasteiger partial charge is 0.508 e. The SMILES string of the molecule is CC(CCc1ccc(O)cc1)NC(=O)N(C)C(C)c1cc2ccccc2o1. The van der Waals surface area contributed by atoms with E-state index >= 15 is 0 Å². The van der Waals surface area contributed by atoms with Crippen LogP contribution in [0.3, 0.4) is 0 Å². The lowest BCUT2D eigenvalue weighted by atomic mass is 10.1. The number of benzene rings is 2. The monoisotopic (exact) mass is 366 g/mol. The number of nitrogens with zero attached hydrogens (tertiary/aromatic N) is 1. The van der Waals surface area contributed by atoms with E-state index in [9.17, 15) is 9.90 Å². The standard InChI is InChI=1S/C22H26N2O3/c1-15(8-9-17-10-12-19(25)13-11-17)23-22(26)24(3)16(2)21-14-18-6-4-5-7-20(18)27-21/h4-7,10-16,25H,8-9H2,1-3H3,(H,23,26). The number of carbonyl (C=O) groups is 1. The first-order chi connectivity index (χ1) is 12.9. The molecule has 0 saturated carbocycles. The van der Waals surface area contributed by atoms with Crippen molar-refractivity contribution in [1.82, 2.24) is 10.2 Å². The van der Waals surface area contributed by atoms with Crippen molar-refractivity contribution in [2.45, 2.75) is 38.8 Å². The third-order valence-electron chi connectivity index (χ3n) is 4.93. The van der Waals surface area contributed by atoms with Gasteiger partial charge < -0.3 is 19.7 Å². The van der Waals surface area contributed by atoms with Gasteiger partial charge in [0.25, 0.3) is 0 Å². The molecule has 5 heteroatoms. The number of urea groups is 1. The predicted octanol–water partition coefficient (Wildman–Crippen LogP) is 4.86. The maximum absolute atomic E-state index is 12.6. The van der Waals surface area contributed by atoms with Crippen LogP contribution in [-0.2, 0) is 6.42 Å². The Labute approximate surface area is 159 Å². The summed E-state index contributed by atoms with van der Waals surface area (Å²) in [6.45, 7) is 3.95. The highest BCUT2D eigenvalue weighted by Gasteiger charge is 2.21. The fraction of sp³-hybridized carbons (Fsp3) is 0.318. The zero-order valence-electron chi connectivity index (χ0n) is 16.0. The van der Waals surface area contributed by atoms with E-state index in [1.807, 2.05) is 56.3 Å². The van der Waals surface area contributed by atoms with Crippen molar-refractivity contribution in [2.75, 3.05) is 7.05 Å². The van der Waals surface area contributed by atoms with Crippen molar-refractivity contribution in [3.8, 4) is 5.75 Å². The van der Waals surface area contributed by atoms with Crippen molar-refractivity contribution in [3.05, 3.63) is 65.9 Å². The van der Waals surface area contributed by atoms with Gasteiger partial charge in [0.05, 0.1) is 6.04 Å². The third-order valence-corrected chi connectivity index (χ3v) is 4.93. The summed E-state index contributed by atoms with van der Waals surface area (Å²) in [6.07, 6.45) is 1.66. The zero-order chi connectivity index (χ0) is 19.4. The van der Waals surface area contributed by atoms with E-state index in [4.69, 9.17) is 4.42 Å². The summed E-state index contributed by atoms with van der Waals surface area (Å²) in [4.78, 5) is 14.2. The molecule has 0 spiro atoms. The molecule has 5 nitrogen and oxygen atoms in total. The molecule has 2 atom stereocenters. The number of rotatable bonds is 6. The van der Waals surface area contributed by atoms with Crippen LogP contribution >= 0.6 is 0 Å². The van der Waals surface area contributed by atoms with E-state index < -0.39 is 0 Å². The fourth-order valence-corrected chi connectivity index (χ4v) is 3.01. The number of hydrogen-bond donors (Lipinski definition) is 2. The van der Waals surface area contributed by atoms with Gasteiger partial charge in [-0.1, -0.05) is 30.3 Å². The summed E-state index contributed by atoms with van der Waals surface area (Å²) in [6, 6.07) is 16.7. The fourth-order valence-electron chi connectivity index (χ4n) is 3.01. The topological polar surface area (TPSA) is 65.7 Å². The van der Waals surface area contributed by atoms with Gasteiger partial charge in [-0.15, -0.1) is 0 Å². The summed E-state index contributed by atoms with van der Waals surface area (Å²) in [5, 5.41) is 13.4. The number of phenols is 1. The number of amides is 2. The molecule has 2 unspecified atom stereocenters. The van der Waals surface area contributed by atoms with E-state index in [1.54, 1.807) is 24.1 Å². The lowest BCUT2D eigenvalue weighted by molar-refractivity contribution is 0.184. The molecule has 3 aromatic rings. The van der Waals surface area contributed by atoms with Gasteiger partial charge in [0.1, 0.15) is 17.1 Å². The minimum Gasteiger partial charge on any atom is -0.508 e. The van der Waals surface area contributed by atoms with Crippen molar-refractivity contribution in [1.29, 1.82) is 0 Å². The van der Waals surface area contributed by atoms with E-state index in [1.165, 1.54) is 0 Å². The highest BCUT2D eigenvalue weighted by atomic mass is 16.3. The van der Waals surface area contributed by atoms with Crippen LogP contribution in [0.1, 0.15) is 37.6 Å². The molecule has 0 saturated heterocycles. The first-order valence-corrected chi connectivity index (χ1v) is 9.23. The Balaban J connectivity index is 1.55. The second kappa shape index (κ2) is 8.16. The summed E-state index contributed by atoms with van der Waals surface area (Å²) in [5.41, 5.74) is 1.97. The Bertz CT molecular complexity index is 868. The molecule has 1 heterocycles. The van der Waals surface area contributed by atoms with E-state index in [-0.39, 0.29) is 23.9 Å². The summed E-state index contributed by atoms with van der Waals surface area (Å²) in [7, 11) is 1.78. The van der Waals surface area contributed by atoms with Gasteiger partial charge in [-0.25, -0.2) is 4.79 Å². The van der Waals surface area contributed by atoms with Crippen LogP contribution in [0.25, 0.3) is 11.0 Å². The smallest absolute Gasteiger partial charge is 0.317 e. The van der Waals surface area contributed by atoms with Gasteiger partial charge in [0.2, 0.25) is 0 Å². The molecule has 0 aliphatic heterocycles. The molecule has 0 fully saturated rings. The van der Waals surface area contributed by atoms with Gasteiger partial charge >= 0.3 is 6.03 Å². The first-order valence-electron chi connectivity index (χ1n) is 9.23. The minimum atomic E-state index is -0.165. The summed E-state index contributed by atoms with van der Waals surface area (Å²) < 4.78 is 5.88. The second-order valence-electron chi connectivity index (χ2n) is 7.03. The molecule has 142 valence electrons. The highest BCUT2D eigenvalue weighted by molar-refractivity contribution is 5.78. The van der Waals surface area contributed by atoms with Crippen molar-refractivity contribution >= 4 is 17.0 Å². The van der Waals surface area contributed by atoms with Crippen LogP contribution in [0, 0.1) is 0 Å². The molecule has 1 aromatic heterocycles. The molecule has 2 aromatic carbocycles. The number of hydrogen-bond acceptors (Lipinski definition) is 3. The summed E-state index contributed by atoms with van der Waals surface area (Å²) >= 11 is 0. The number of aryl methyl sites for hydroxylation is 1. The van der Waals surface area contributed by atoms with E-state index in [0.29, 0.717) is 0 Å². The average Bonchev–Trinajstić information content (AvgIpc) is 3.10. The number of para-hydroxylation sites is 1. The first kappa shape index (κ1) is 18.8. The third kappa shape index (κ3) is 4.61. The van der Waals surface area contributed by atoms with Gasteiger partial charge in [-0.2, -0.15) is 0 Å². The Morgan fingerprint density at radius 1 is 1.15 bits per heavy atom. The number of nitrogens with one attached hydrogen (secondary N) is 1. The predicted molar refractivity (Wildman–Crippen MR) is 107 cm³/mol. The van der Waals surface area contributed by atoms with Gasteiger partial charge in [-0.05, 0) is 56.5 Å². The minimum absolute atomic E-state index is 0.0385. The lowest BCUT2D eigenvalue weighted by Crippen LogP contribution is -2.43. The van der Waals surface area contributed by atoms with Crippen LogP contribution in [0.2, 0.25) is 0 Å². The van der Waals surface area contributed by atoms with Crippen molar-refractivity contribution in [2.24, 2.45) is 0 Å². The number of aromatic hydroxyl groups is 1.